The Balaban J connectivity index is 1.67. The van der Waals surface area contributed by atoms with E-state index in [9.17, 15) is 15.3 Å². The highest BCUT2D eigenvalue weighted by molar-refractivity contribution is 5.40. The van der Waals surface area contributed by atoms with E-state index in [2.05, 4.69) is 38.7 Å². The standard InChI is InChI=1S/C29H44O4/c1-6-29(32,7-2)16-9-17-33-21(4)25-13-14-26-22(10-8-15-28(25,26)5)11-12-23-18-24(30)19-27(31)20(23)3/h9,11-13,16,21,24,26-27,30-32H,3,6-8,10,14-15,17-19H2,1-2,4-5H3/b16-9+,22-11+,23-12-/t21-,24-,26?,27+,28-/m1/s1. The summed E-state index contributed by atoms with van der Waals surface area (Å²) < 4.78 is 6.19. The minimum absolute atomic E-state index is 0.0436. The summed E-state index contributed by atoms with van der Waals surface area (Å²) in [4.78, 5) is 0. The molecule has 5 atom stereocenters. The topological polar surface area (TPSA) is 69.9 Å². The van der Waals surface area contributed by atoms with E-state index in [1.807, 2.05) is 26.0 Å². The van der Waals surface area contributed by atoms with Crippen LogP contribution in [0.2, 0.25) is 0 Å². The van der Waals surface area contributed by atoms with Crippen molar-refractivity contribution in [2.75, 3.05) is 6.61 Å². The highest BCUT2D eigenvalue weighted by Crippen LogP contribution is 2.55. The van der Waals surface area contributed by atoms with Crippen molar-refractivity contribution < 1.29 is 20.1 Å². The second-order valence-electron chi connectivity index (χ2n) is 10.5. The Bertz CT molecular complexity index is 829. The van der Waals surface area contributed by atoms with Gasteiger partial charge in [0, 0.05) is 6.42 Å². The van der Waals surface area contributed by atoms with Crippen LogP contribution >= 0.6 is 0 Å². The van der Waals surface area contributed by atoms with Gasteiger partial charge in [-0.15, -0.1) is 0 Å². The van der Waals surface area contributed by atoms with Crippen LogP contribution in [0.25, 0.3) is 0 Å². The van der Waals surface area contributed by atoms with Gasteiger partial charge in [0.05, 0.1) is 30.5 Å². The molecule has 2 fully saturated rings. The van der Waals surface area contributed by atoms with E-state index < -0.39 is 17.8 Å². The average molecular weight is 457 g/mol. The van der Waals surface area contributed by atoms with Crippen LogP contribution in [0, 0.1) is 11.3 Å². The van der Waals surface area contributed by atoms with Crippen molar-refractivity contribution >= 4 is 0 Å². The smallest absolute Gasteiger partial charge is 0.0823 e. The van der Waals surface area contributed by atoms with Crippen LogP contribution in [0.5, 0.6) is 0 Å². The number of rotatable bonds is 8. The van der Waals surface area contributed by atoms with E-state index in [1.165, 1.54) is 11.1 Å². The molecule has 3 aliphatic rings. The Hall–Kier alpha value is -1.46. The lowest BCUT2D eigenvalue weighted by atomic mass is 9.63. The van der Waals surface area contributed by atoms with Crippen LogP contribution in [0.4, 0.5) is 0 Å². The van der Waals surface area contributed by atoms with Crippen LogP contribution in [0.1, 0.15) is 79.1 Å². The van der Waals surface area contributed by atoms with Crippen LogP contribution in [-0.2, 0) is 4.74 Å². The first-order chi connectivity index (χ1) is 15.6. The summed E-state index contributed by atoms with van der Waals surface area (Å²) in [5.74, 6) is 0.469. The summed E-state index contributed by atoms with van der Waals surface area (Å²) in [5.41, 5.74) is 3.93. The lowest BCUT2D eigenvalue weighted by molar-refractivity contribution is 0.0739. The van der Waals surface area contributed by atoms with Crippen molar-refractivity contribution in [1.29, 1.82) is 0 Å². The average Bonchev–Trinajstić information content (AvgIpc) is 3.15. The van der Waals surface area contributed by atoms with Crippen LogP contribution in [0.3, 0.4) is 0 Å². The lowest BCUT2D eigenvalue weighted by Gasteiger charge is -2.42. The molecule has 0 spiro atoms. The van der Waals surface area contributed by atoms with Crippen LogP contribution in [-0.4, -0.2) is 45.8 Å². The molecule has 0 radical (unpaired) electrons. The number of hydrogen-bond donors (Lipinski definition) is 3. The first kappa shape index (κ1) is 26.2. The van der Waals surface area contributed by atoms with Gasteiger partial charge in [0.25, 0.3) is 0 Å². The van der Waals surface area contributed by atoms with Gasteiger partial charge in [-0.05, 0) is 79.9 Å². The van der Waals surface area contributed by atoms with Crippen molar-refractivity contribution in [2.45, 2.75) is 103 Å². The van der Waals surface area contributed by atoms with Gasteiger partial charge in [-0.2, -0.15) is 0 Å². The van der Waals surface area contributed by atoms with E-state index in [-0.39, 0.29) is 11.5 Å². The normalized spacial score (nSPS) is 34.2. The van der Waals surface area contributed by atoms with Crippen molar-refractivity contribution in [2.24, 2.45) is 11.3 Å². The van der Waals surface area contributed by atoms with E-state index >= 15 is 0 Å². The van der Waals surface area contributed by atoms with Crippen molar-refractivity contribution in [3.05, 3.63) is 59.3 Å². The molecule has 3 rings (SSSR count). The molecule has 1 unspecified atom stereocenters. The summed E-state index contributed by atoms with van der Waals surface area (Å²) >= 11 is 0. The molecule has 184 valence electrons. The SMILES string of the molecule is C=C1/C(=C\C=C2/CCC[C@]3(C)C([C@@H](C)OC/C=C/C(O)(CC)CC)=CCC23)C[C@@H](O)C[C@@H]1O. The van der Waals surface area contributed by atoms with E-state index in [0.717, 1.165) is 36.8 Å². The highest BCUT2D eigenvalue weighted by atomic mass is 16.5. The van der Waals surface area contributed by atoms with Gasteiger partial charge in [0.15, 0.2) is 0 Å². The number of fused-ring (bicyclic) bond motifs is 1. The molecule has 0 aromatic rings. The van der Waals surface area contributed by atoms with Gasteiger partial charge in [0.2, 0.25) is 0 Å². The Kier molecular flexibility index (Phi) is 8.60. The summed E-state index contributed by atoms with van der Waals surface area (Å²) in [6, 6.07) is 0. The third-order valence-electron chi connectivity index (χ3n) is 8.41. The molecule has 2 saturated carbocycles. The minimum atomic E-state index is -0.733. The van der Waals surface area contributed by atoms with Gasteiger partial charge < -0.3 is 20.1 Å². The summed E-state index contributed by atoms with van der Waals surface area (Å²) in [5, 5.41) is 30.6. The molecule has 0 amide bonds. The van der Waals surface area contributed by atoms with Gasteiger partial charge in [0.1, 0.15) is 0 Å². The number of ether oxygens (including phenoxy) is 1. The monoisotopic (exact) mass is 456 g/mol. The molecule has 0 aliphatic heterocycles. The van der Waals surface area contributed by atoms with Gasteiger partial charge in [-0.3, -0.25) is 0 Å². The van der Waals surface area contributed by atoms with Crippen molar-refractivity contribution in [3.8, 4) is 0 Å². The van der Waals surface area contributed by atoms with Crippen LogP contribution in [0.15, 0.2) is 59.3 Å². The maximum Gasteiger partial charge on any atom is 0.0823 e. The second kappa shape index (κ2) is 10.9. The maximum absolute atomic E-state index is 10.4. The molecule has 4 heteroatoms. The van der Waals surface area contributed by atoms with Crippen molar-refractivity contribution in [1.82, 2.24) is 0 Å². The molecule has 33 heavy (non-hydrogen) atoms. The Morgan fingerprint density at radius 3 is 2.70 bits per heavy atom. The zero-order valence-electron chi connectivity index (χ0n) is 21.0. The summed E-state index contributed by atoms with van der Waals surface area (Å²) in [6.45, 7) is 13.1. The van der Waals surface area contributed by atoms with Gasteiger partial charge >= 0.3 is 0 Å². The molecular formula is C29H44O4. The third kappa shape index (κ3) is 5.79. The number of hydrogen-bond acceptors (Lipinski definition) is 4. The highest BCUT2D eigenvalue weighted by Gasteiger charge is 2.46. The second-order valence-corrected chi connectivity index (χ2v) is 10.5. The molecule has 0 bridgehead atoms. The predicted octanol–water partition coefficient (Wildman–Crippen LogP) is 5.56. The predicted molar refractivity (Wildman–Crippen MR) is 135 cm³/mol. The number of aliphatic hydroxyl groups excluding tert-OH is 2. The fourth-order valence-corrected chi connectivity index (χ4v) is 5.99. The molecular weight excluding hydrogens is 412 g/mol. The minimum Gasteiger partial charge on any atom is -0.393 e. The molecule has 0 aromatic heterocycles. The van der Waals surface area contributed by atoms with E-state index in [0.29, 0.717) is 38.2 Å². The molecule has 0 saturated heterocycles. The zero-order valence-corrected chi connectivity index (χ0v) is 21.0. The molecule has 0 aromatic carbocycles. The lowest BCUT2D eigenvalue weighted by Crippen LogP contribution is -2.34. The zero-order chi connectivity index (χ0) is 24.2. The molecule has 4 nitrogen and oxygen atoms in total. The van der Waals surface area contributed by atoms with Gasteiger partial charge in [-0.1, -0.05) is 63.3 Å². The summed E-state index contributed by atoms with van der Waals surface area (Å²) in [6.07, 6.45) is 16.2. The fourth-order valence-electron chi connectivity index (χ4n) is 5.99. The number of aliphatic hydroxyl groups is 3. The van der Waals surface area contributed by atoms with E-state index in [1.54, 1.807) is 0 Å². The quantitative estimate of drug-likeness (QED) is 0.418. The Morgan fingerprint density at radius 2 is 2.00 bits per heavy atom. The van der Waals surface area contributed by atoms with Gasteiger partial charge in [-0.25, -0.2) is 0 Å². The fraction of sp³-hybridized carbons (Fsp3) is 0.655. The Labute approximate surface area is 200 Å². The molecule has 0 heterocycles. The van der Waals surface area contributed by atoms with E-state index in [4.69, 9.17) is 4.74 Å². The first-order valence-electron chi connectivity index (χ1n) is 12.8. The third-order valence-corrected chi connectivity index (χ3v) is 8.41. The largest absolute Gasteiger partial charge is 0.393 e. The first-order valence-corrected chi connectivity index (χ1v) is 12.8. The maximum atomic E-state index is 10.4. The Morgan fingerprint density at radius 1 is 1.27 bits per heavy atom. The number of allylic oxidation sites excluding steroid dienone is 4. The molecule has 3 aliphatic carbocycles. The molecule has 3 N–H and O–H groups in total. The van der Waals surface area contributed by atoms with Crippen molar-refractivity contribution in [3.63, 3.8) is 0 Å². The van der Waals surface area contributed by atoms with Crippen LogP contribution < -0.4 is 0 Å². The summed E-state index contributed by atoms with van der Waals surface area (Å²) in [7, 11) is 0.